The molecule has 3 rings (SSSR count). The number of benzene rings is 2. The van der Waals surface area contributed by atoms with E-state index in [1.807, 2.05) is 60.8 Å². The van der Waals surface area contributed by atoms with Crippen LogP contribution in [0.5, 0.6) is 5.75 Å². The van der Waals surface area contributed by atoms with Gasteiger partial charge in [-0.05, 0) is 37.3 Å². The van der Waals surface area contributed by atoms with Crippen molar-refractivity contribution in [3.63, 3.8) is 0 Å². The Morgan fingerprint density at radius 2 is 2.07 bits per heavy atom. The monoisotopic (exact) mass is 456 g/mol. The van der Waals surface area contributed by atoms with Gasteiger partial charge in [-0.25, -0.2) is 4.98 Å². The van der Waals surface area contributed by atoms with Gasteiger partial charge in [0, 0.05) is 22.0 Å². The van der Waals surface area contributed by atoms with E-state index < -0.39 is 0 Å². The molecule has 144 valence electrons. The van der Waals surface area contributed by atoms with E-state index in [0.717, 1.165) is 20.9 Å². The average Bonchev–Trinajstić information content (AvgIpc) is 3.14. The zero-order chi connectivity index (χ0) is 19.9. The highest BCUT2D eigenvalue weighted by atomic mass is 79.9. The number of halogens is 1. The van der Waals surface area contributed by atoms with E-state index in [9.17, 15) is 4.79 Å². The van der Waals surface area contributed by atoms with Crippen LogP contribution >= 0.6 is 27.3 Å². The van der Waals surface area contributed by atoms with Crippen molar-refractivity contribution >= 4 is 33.2 Å². The summed E-state index contributed by atoms with van der Waals surface area (Å²) in [5, 5.41) is 2.85. The molecule has 0 atom stereocenters. The Morgan fingerprint density at radius 3 is 2.79 bits per heavy atom. The molecule has 0 bridgehead atoms. The molecule has 6 heteroatoms. The summed E-state index contributed by atoms with van der Waals surface area (Å²) in [6.45, 7) is 7.11. The minimum Gasteiger partial charge on any atom is -0.486 e. The van der Waals surface area contributed by atoms with Crippen LogP contribution in [-0.4, -0.2) is 22.3 Å². The smallest absolute Gasteiger partial charge is 0.254 e. The topological polar surface area (TPSA) is 42.4 Å². The molecule has 0 radical (unpaired) electrons. The zero-order valence-electron chi connectivity index (χ0n) is 15.6. The molecule has 1 heterocycles. The van der Waals surface area contributed by atoms with E-state index in [1.165, 1.54) is 16.9 Å². The number of aromatic nitrogens is 1. The van der Waals surface area contributed by atoms with Crippen LogP contribution in [0.15, 0.2) is 71.0 Å². The number of nitrogens with zero attached hydrogens (tertiary/aromatic N) is 2. The van der Waals surface area contributed by atoms with E-state index in [1.54, 1.807) is 11.0 Å². The van der Waals surface area contributed by atoms with E-state index in [-0.39, 0.29) is 5.91 Å². The molecule has 4 nitrogen and oxygen atoms in total. The van der Waals surface area contributed by atoms with Gasteiger partial charge in [0.2, 0.25) is 0 Å². The first-order valence-electron chi connectivity index (χ1n) is 8.83. The molecule has 0 aliphatic heterocycles. The SMILES string of the molecule is C=CCN(Cc1csc(COc2ccc(C)cc2)n1)C(=O)c1cccc(Br)c1. The van der Waals surface area contributed by atoms with Crippen molar-refractivity contribution in [2.45, 2.75) is 20.1 Å². The van der Waals surface area contributed by atoms with Crippen LogP contribution in [0.1, 0.15) is 26.6 Å². The van der Waals surface area contributed by atoms with Crippen LogP contribution in [-0.2, 0) is 13.2 Å². The highest BCUT2D eigenvalue weighted by Gasteiger charge is 2.17. The van der Waals surface area contributed by atoms with Crippen LogP contribution in [0.25, 0.3) is 0 Å². The summed E-state index contributed by atoms with van der Waals surface area (Å²) in [6, 6.07) is 15.3. The fraction of sp³-hybridized carbons (Fsp3) is 0.182. The molecule has 0 saturated carbocycles. The van der Waals surface area contributed by atoms with Crippen molar-refractivity contribution in [3.8, 4) is 5.75 Å². The van der Waals surface area contributed by atoms with Gasteiger partial charge in [0.05, 0.1) is 12.2 Å². The lowest BCUT2D eigenvalue weighted by Gasteiger charge is -2.20. The Labute approximate surface area is 177 Å². The van der Waals surface area contributed by atoms with Crippen LogP contribution in [0.4, 0.5) is 0 Å². The van der Waals surface area contributed by atoms with Gasteiger partial charge >= 0.3 is 0 Å². The molecule has 0 aliphatic carbocycles. The third-order valence-corrected chi connectivity index (χ3v) is 5.41. The third-order valence-electron chi connectivity index (χ3n) is 4.04. The number of hydrogen-bond acceptors (Lipinski definition) is 4. The number of rotatable bonds is 8. The molecule has 0 N–H and O–H groups in total. The summed E-state index contributed by atoms with van der Waals surface area (Å²) in [5.74, 6) is 0.770. The molecule has 0 aliphatic rings. The van der Waals surface area contributed by atoms with Crippen molar-refractivity contribution in [3.05, 3.63) is 92.9 Å². The Balaban J connectivity index is 1.64. The maximum Gasteiger partial charge on any atom is 0.254 e. The van der Waals surface area contributed by atoms with Crippen molar-refractivity contribution in [2.75, 3.05) is 6.54 Å². The highest BCUT2D eigenvalue weighted by molar-refractivity contribution is 9.10. The molecule has 1 amide bonds. The highest BCUT2D eigenvalue weighted by Crippen LogP contribution is 2.19. The number of carbonyl (C=O) groups excluding carboxylic acids is 1. The first kappa shape index (κ1) is 20.3. The van der Waals surface area contributed by atoms with Crippen molar-refractivity contribution < 1.29 is 9.53 Å². The van der Waals surface area contributed by atoms with Gasteiger partial charge in [-0.15, -0.1) is 17.9 Å². The van der Waals surface area contributed by atoms with E-state index in [0.29, 0.717) is 25.3 Å². The summed E-state index contributed by atoms with van der Waals surface area (Å²) >= 11 is 4.95. The minimum absolute atomic E-state index is 0.0494. The Kier molecular flexibility index (Phi) is 7.01. The molecular weight excluding hydrogens is 436 g/mol. The molecule has 0 saturated heterocycles. The molecule has 28 heavy (non-hydrogen) atoms. The van der Waals surface area contributed by atoms with Gasteiger partial charge in [-0.1, -0.05) is 45.8 Å². The number of aryl methyl sites for hydroxylation is 1. The molecule has 3 aromatic rings. The largest absolute Gasteiger partial charge is 0.486 e. The van der Waals surface area contributed by atoms with Crippen molar-refractivity contribution in [2.24, 2.45) is 0 Å². The fourth-order valence-electron chi connectivity index (χ4n) is 2.64. The summed E-state index contributed by atoms with van der Waals surface area (Å²) in [7, 11) is 0. The number of amides is 1. The van der Waals surface area contributed by atoms with Gasteiger partial charge in [-0.3, -0.25) is 4.79 Å². The Bertz CT molecular complexity index is 953. The average molecular weight is 457 g/mol. The lowest BCUT2D eigenvalue weighted by Crippen LogP contribution is -2.30. The minimum atomic E-state index is -0.0494. The summed E-state index contributed by atoms with van der Waals surface area (Å²) < 4.78 is 6.66. The first-order chi connectivity index (χ1) is 13.5. The second kappa shape index (κ2) is 9.66. The van der Waals surface area contributed by atoms with Crippen LogP contribution in [0.3, 0.4) is 0 Å². The van der Waals surface area contributed by atoms with E-state index in [4.69, 9.17) is 4.74 Å². The number of carbonyl (C=O) groups is 1. The van der Waals surface area contributed by atoms with Crippen molar-refractivity contribution in [1.29, 1.82) is 0 Å². The fourth-order valence-corrected chi connectivity index (χ4v) is 3.74. The van der Waals surface area contributed by atoms with Gasteiger partial charge < -0.3 is 9.64 Å². The van der Waals surface area contributed by atoms with Gasteiger partial charge in [-0.2, -0.15) is 0 Å². The normalized spacial score (nSPS) is 10.5. The Hall–Kier alpha value is -2.44. The standard InChI is InChI=1S/C22H21BrN2O2S/c1-3-11-25(22(26)17-5-4-6-18(23)12-17)13-19-15-28-21(24-19)14-27-20-9-7-16(2)8-10-20/h3-10,12,15H,1,11,13-14H2,2H3. The van der Waals surface area contributed by atoms with Crippen LogP contribution in [0.2, 0.25) is 0 Å². The zero-order valence-corrected chi connectivity index (χ0v) is 18.0. The first-order valence-corrected chi connectivity index (χ1v) is 10.5. The van der Waals surface area contributed by atoms with Crippen LogP contribution < -0.4 is 4.74 Å². The van der Waals surface area contributed by atoms with E-state index >= 15 is 0 Å². The van der Waals surface area contributed by atoms with Crippen LogP contribution in [0, 0.1) is 6.92 Å². The van der Waals surface area contributed by atoms with Crippen molar-refractivity contribution in [1.82, 2.24) is 9.88 Å². The molecular formula is C22H21BrN2O2S. The molecule has 2 aromatic carbocycles. The third kappa shape index (κ3) is 5.53. The Morgan fingerprint density at radius 1 is 1.29 bits per heavy atom. The van der Waals surface area contributed by atoms with Gasteiger partial charge in [0.1, 0.15) is 17.4 Å². The molecule has 0 spiro atoms. The second-order valence-corrected chi connectivity index (χ2v) is 8.18. The molecule has 0 fully saturated rings. The molecule has 0 unspecified atom stereocenters. The maximum atomic E-state index is 12.8. The number of ether oxygens (including phenoxy) is 1. The lowest BCUT2D eigenvalue weighted by atomic mass is 10.2. The predicted molar refractivity (Wildman–Crippen MR) is 117 cm³/mol. The quantitative estimate of drug-likeness (QED) is 0.413. The predicted octanol–water partition coefficient (Wildman–Crippen LogP) is 5.62. The van der Waals surface area contributed by atoms with Gasteiger partial charge in [0.15, 0.2) is 0 Å². The van der Waals surface area contributed by atoms with Gasteiger partial charge in [0.25, 0.3) is 5.91 Å². The molecule has 1 aromatic heterocycles. The summed E-state index contributed by atoms with van der Waals surface area (Å²) in [5.41, 5.74) is 2.67. The number of hydrogen-bond donors (Lipinski definition) is 0. The maximum absolute atomic E-state index is 12.8. The summed E-state index contributed by atoms with van der Waals surface area (Å²) in [6.07, 6.45) is 1.73. The number of thiazole rings is 1. The lowest BCUT2D eigenvalue weighted by molar-refractivity contribution is 0.0761. The summed E-state index contributed by atoms with van der Waals surface area (Å²) in [4.78, 5) is 19.2. The van der Waals surface area contributed by atoms with E-state index in [2.05, 4.69) is 27.5 Å². The second-order valence-electron chi connectivity index (χ2n) is 6.32.